The summed E-state index contributed by atoms with van der Waals surface area (Å²) in [5.41, 5.74) is 1.35. The van der Waals surface area contributed by atoms with Gasteiger partial charge in [-0.05, 0) is 23.9 Å². The van der Waals surface area contributed by atoms with Crippen molar-refractivity contribution in [3.05, 3.63) is 87.6 Å². The van der Waals surface area contributed by atoms with E-state index in [0.717, 1.165) is 18.1 Å². The minimum atomic E-state index is -0.00637. The van der Waals surface area contributed by atoms with Gasteiger partial charge in [-0.1, -0.05) is 66.5 Å². The van der Waals surface area contributed by atoms with Gasteiger partial charge in [0.25, 0.3) is 0 Å². The topological polar surface area (TPSA) is 42.0 Å². The molecular formula is C20H18N2OS2. The molecule has 0 spiro atoms. The normalized spacial score (nSPS) is 10.9. The van der Waals surface area contributed by atoms with Crippen molar-refractivity contribution in [2.75, 3.05) is 11.9 Å². The Balaban J connectivity index is 1.78. The van der Waals surface area contributed by atoms with Crippen molar-refractivity contribution < 1.29 is 4.79 Å². The molecular weight excluding hydrogens is 348 g/mol. The predicted octanol–water partition coefficient (Wildman–Crippen LogP) is 5.29. The monoisotopic (exact) mass is 366 g/mol. The summed E-state index contributed by atoms with van der Waals surface area (Å²) >= 11 is 3.14. The van der Waals surface area contributed by atoms with Gasteiger partial charge in [-0.3, -0.25) is 4.79 Å². The average Bonchev–Trinajstić information content (AvgIpc) is 3.30. The maximum absolute atomic E-state index is 12.8. The van der Waals surface area contributed by atoms with Crippen LogP contribution in [0.1, 0.15) is 25.8 Å². The van der Waals surface area contributed by atoms with Crippen LogP contribution in [0.15, 0.2) is 66.6 Å². The summed E-state index contributed by atoms with van der Waals surface area (Å²) in [5, 5.41) is 6.17. The summed E-state index contributed by atoms with van der Waals surface area (Å²) in [6.45, 7) is 4.47. The number of nitrogens with zero attached hydrogens (tertiary/aromatic N) is 1. The summed E-state index contributed by atoms with van der Waals surface area (Å²) in [6.07, 6.45) is 6.24. The lowest BCUT2D eigenvalue weighted by Crippen LogP contribution is -2.03. The van der Waals surface area contributed by atoms with Crippen LogP contribution in [0.2, 0.25) is 0 Å². The third kappa shape index (κ3) is 4.53. The van der Waals surface area contributed by atoms with Gasteiger partial charge in [-0.25, -0.2) is 4.98 Å². The lowest BCUT2D eigenvalue weighted by atomic mass is 10.1. The Hall–Kier alpha value is -2.50. The van der Waals surface area contributed by atoms with Crippen molar-refractivity contribution in [2.24, 2.45) is 0 Å². The molecule has 0 unspecified atom stereocenters. The van der Waals surface area contributed by atoms with Gasteiger partial charge in [0.05, 0.1) is 5.69 Å². The van der Waals surface area contributed by atoms with Gasteiger partial charge in [0, 0.05) is 17.0 Å². The van der Waals surface area contributed by atoms with E-state index in [-0.39, 0.29) is 5.78 Å². The Bertz CT molecular complexity index is 865. The van der Waals surface area contributed by atoms with Crippen LogP contribution < -0.4 is 5.32 Å². The van der Waals surface area contributed by atoms with E-state index in [1.807, 2.05) is 36.4 Å². The Labute approximate surface area is 155 Å². The first-order valence-corrected chi connectivity index (χ1v) is 9.63. The largest absolute Gasteiger partial charge is 0.361 e. The lowest BCUT2D eigenvalue weighted by molar-refractivity contribution is 0.104. The van der Waals surface area contributed by atoms with Crippen LogP contribution in [-0.4, -0.2) is 17.3 Å². The molecule has 0 aliphatic carbocycles. The second-order valence-corrected chi connectivity index (χ2v) is 7.31. The molecule has 3 rings (SSSR count). The molecule has 1 N–H and O–H groups in total. The summed E-state index contributed by atoms with van der Waals surface area (Å²) in [6, 6.07) is 13.5. The standard InChI is InChI=1S/C20H18N2OS2/c1-2-3-11-17-19(18(23)15-8-5-4-6-9-15)25-20(22-17)21-13-12-16-10-7-14-24-16/h2-11,14H,1,12-13H2,(H,21,22)/b11-3+. The number of hydrogen-bond acceptors (Lipinski definition) is 5. The van der Waals surface area contributed by atoms with E-state index in [9.17, 15) is 4.79 Å². The molecule has 2 heterocycles. The minimum absolute atomic E-state index is 0.00637. The highest BCUT2D eigenvalue weighted by Crippen LogP contribution is 2.27. The van der Waals surface area contributed by atoms with Crippen molar-refractivity contribution in [1.82, 2.24) is 4.98 Å². The third-order valence-corrected chi connectivity index (χ3v) is 5.48. The maximum atomic E-state index is 12.8. The van der Waals surface area contributed by atoms with Crippen molar-refractivity contribution in [3.63, 3.8) is 0 Å². The number of carbonyl (C=O) groups is 1. The highest BCUT2D eigenvalue weighted by atomic mass is 32.1. The number of thiazole rings is 1. The quantitative estimate of drug-likeness (QED) is 0.435. The van der Waals surface area contributed by atoms with Crippen LogP contribution in [0.3, 0.4) is 0 Å². The van der Waals surface area contributed by atoms with Gasteiger partial charge < -0.3 is 5.32 Å². The fraction of sp³-hybridized carbons (Fsp3) is 0.100. The van der Waals surface area contributed by atoms with Crippen molar-refractivity contribution in [2.45, 2.75) is 6.42 Å². The second-order valence-electron chi connectivity index (χ2n) is 5.28. The first kappa shape index (κ1) is 17.3. The maximum Gasteiger partial charge on any atom is 0.205 e. The lowest BCUT2D eigenvalue weighted by Gasteiger charge is -2.00. The van der Waals surface area contributed by atoms with Gasteiger partial charge in [-0.15, -0.1) is 11.3 Å². The molecule has 0 radical (unpaired) electrons. The van der Waals surface area contributed by atoms with E-state index in [0.29, 0.717) is 16.1 Å². The number of benzene rings is 1. The molecule has 0 saturated carbocycles. The number of aromatic nitrogens is 1. The highest BCUT2D eigenvalue weighted by Gasteiger charge is 2.18. The Morgan fingerprint density at radius 2 is 2.04 bits per heavy atom. The van der Waals surface area contributed by atoms with Crippen LogP contribution in [0.5, 0.6) is 0 Å². The van der Waals surface area contributed by atoms with Gasteiger partial charge in [0.2, 0.25) is 5.78 Å². The highest BCUT2D eigenvalue weighted by molar-refractivity contribution is 7.17. The smallest absolute Gasteiger partial charge is 0.205 e. The molecule has 0 atom stereocenters. The molecule has 126 valence electrons. The van der Waals surface area contributed by atoms with E-state index in [4.69, 9.17) is 0 Å². The number of ketones is 1. The first-order valence-electron chi connectivity index (χ1n) is 7.94. The number of thiophene rings is 1. The van der Waals surface area contributed by atoms with Crippen LogP contribution >= 0.6 is 22.7 Å². The molecule has 3 aromatic rings. The molecule has 2 aromatic heterocycles. The number of nitrogens with one attached hydrogen (secondary N) is 1. The third-order valence-electron chi connectivity index (χ3n) is 3.51. The van der Waals surface area contributed by atoms with E-state index in [1.165, 1.54) is 16.2 Å². The van der Waals surface area contributed by atoms with E-state index in [2.05, 4.69) is 34.4 Å². The van der Waals surface area contributed by atoms with Crippen molar-refractivity contribution >= 4 is 39.7 Å². The molecule has 0 amide bonds. The SMILES string of the molecule is C=C/C=C/c1nc(NCCc2cccs2)sc1C(=O)c1ccccc1. The fourth-order valence-corrected chi connectivity index (χ4v) is 3.96. The van der Waals surface area contributed by atoms with Gasteiger partial charge in [0.1, 0.15) is 4.88 Å². The minimum Gasteiger partial charge on any atom is -0.361 e. The number of hydrogen-bond donors (Lipinski definition) is 1. The molecule has 3 nitrogen and oxygen atoms in total. The Morgan fingerprint density at radius 1 is 1.20 bits per heavy atom. The first-order chi connectivity index (χ1) is 12.3. The summed E-state index contributed by atoms with van der Waals surface area (Å²) in [4.78, 5) is 19.3. The van der Waals surface area contributed by atoms with Crippen molar-refractivity contribution in [1.29, 1.82) is 0 Å². The predicted molar refractivity (Wildman–Crippen MR) is 108 cm³/mol. The van der Waals surface area contributed by atoms with Gasteiger partial charge >= 0.3 is 0 Å². The summed E-state index contributed by atoms with van der Waals surface area (Å²) < 4.78 is 0. The molecule has 5 heteroatoms. The van der Waals surface area contributed by atoms with Crippen LogP contribution in [0.4, 0.5) is 5.13 Å². The molecule has 25 heavy (non-hydrogen) atoms. The molecule has 0 bridgehead atoms. The zero-order valence-corrected chi connectivity index (χ0v) is 15.3. The zero-order valence-electron chi connectivity index (χ0n) is 13.6. The second kappa shape index (κ2) is 8.55. The van der Waals surface area contributed by atoms with E-state index < -0.39 is 0 Å². The Morgan fingerprint density at radius 3 is 2.76 bits per heavy atom. The molecule has 1 aromatic carbocycles. The Kier molecular flexibility index (Phi) is 5.93. The van der Waals surface area contributed by atoms with Crippen LogP contribution in [-0.2, 0) is 6.42 Å². The van der Waals surface area contributed by atoms with Gasteiger partial charge in [-0.2, -0.15) is 0 Å². The average molecular weight is 367 g/mol. The molecule has 0 fully saturated rings. The molecule has 0 aliphatic heterocycles. The number of anilines is 1. The molecule has 0 saturated heterocycles. The fourth-order valence-electron chi connectivity index (χ4n) is 2.31. The molecule has 0 aliphatic rings. The van der Waals surface area contributed by atoms with E-state index in [1.54, 1.807) is 23.5 Å². The number of carbonyl (C=O) groups excluding carboxylic acids is 1. The summed E-state index contributed by atoms with van der Waals surface area (Å²) in [5.74, 6) is -0.00637. The van der Waals surface area contributed by atoms with E-state index >= 15 is 0 Å². The van der Waals surface area contributed by atoms with Crippen molar-refractivity contribution in [3.8, 4) is 0 Å². The zero-order chi connectivity index (χ0) is 17.5. The van der Waals surface area contributed by atoms with Crippen LogP contribution in [0, 0.1) is 0 Å². The van der Waals surface area contributed by atoms with Crippen LogP contribution in [0.25, 0.3) is 6.08 Å². The summed E-state index contributed by atoms with van der Waals surface area (Å²) in [7, 11) is 0. The van der Waals surface area contributed by atoms with Gasteiger partial charge in [0.15, 0.2) is 5.13 Å². The number of rotatable bonds is 8. The number of allylic oxidation sites excluding steroid dienone is 2.